The Kier molecular flexibility index (Phi) is 6.36. The molecule has 0 spiro atoms. The van der Waals surface area contributed by atoms with Crippen LogP contribution in [-0.2, 0) is 11.3 Å². The quantitative estimate of drug-likeness (QED) is 0.827. The fourth-order valence-electron chi connectivity index (χ4n) is 1.77. The van der Waals surface area contributed by atoms with Crippen molar-refractivity contribution >= 4 is 17.2 Å². The molecule has 0 aliphatic heterocycles. The predicted molar refractivity (Wildman–Crippen MR) is 75.6 cm³/mol. The number of aryl methyl sites for hydroxylation is 1. The van der Waals surface area contributed by atoms with Crippen LogP contribution in [0.2, 0.25) is 0 Å². The van der Waals surface area contributed by atoms with Crippen molar-refractivity contribution in [3.8, 4) is 0 Å². The maximum absolute atomic E-state index is 12.2. The van der Waals surface area contributed by atoms with Gasteiger partial charge in [0.1, 0.15) is 0 Å². The second kappa shape index (κ2) is 7.54. The Morgan fingerprint density at radius 2 is 2.22 bits per heavy atom. The van der Waals surface area contributed by atoms with Gasteiger partial charge in [-0.25, -0.2) is 0 Å². The van der Waals surface area contributed by atoms with E-state index in [9.17, 15) is 4.79 Å². The van der Waals surface area contributed by atoms with Gasteiger partial charge in [0.15, 0.2) is 0 Å². The lowest BCUT2D eigenvalue weighted by Crippen LogP contribution is -2.35. The molecule has 1 aromatic rings. The van der Waals surface area contributed by atoms with Crippen LogP contribution in [0.15, 0.2) is 12.1 Å². The number of hydrogen-bond acceptors (Lipinski definition) is 3. The molecule has 0 aliphatic carbocycles. The Bertz CT molecular complexity index is 376. The first-order valence-electron chi connectivity index (χ1n) is 6.53. The molecule has 0 unspecified atom stereocenters. The molecule has 0 radical (unpaired) electrons. The summed E-state index contributed by atoms with van der Waals surface area (Å²) in [6, 6.07) is 4.16. The van der Waals surface area contributed by atoms with Crippen LogP contribution in [0.4, 0.5) is 0 Å². The minimum Gasteiger partial charge on any atom is -0.396 e. The number of nitrogens with zero attached hydrogens (tertiary/aromatic N) is 1. The van der Waals surface area contributed by atoms with E-state index in [4.69, 9.17) is 5.11 Å². The average Bonchev–Trinajstić information content (AvgIpc) is 2.78. The molecule has 4 heteroatoms. The summed E-state index contributed by atoms with van der Waals surface area (Å²) in [4.78, 5) is 16.6. The molecular formula is C14H23NO2S. The second-order valence-corrected chi connectivity index (χ2v) is 6.03. The van der Waals surface area contributed by atoms with Gasteiger partial charge in [0.2, 0.25) is 5.91 Å². The fraction of sp³-hybridized carbons (Fsp3) is 0.643. The van der Waals surface area contributed by atoms with E-state index in [1.54, 1.807) is 11.3 Å². The maximum atomic E-state index is 12.2. The molecule has 0 saturated carbocycles. The van der Waals surface area contributed by atoms with Crippen LogP contribution in [0.5, 0.6) is 0 Å². The molecular weight excluding hydrogens is 246 g/mol. The van der Waals surface area contributed by atoms with Gasteiger partial charge in [-0.2, -0.15) is 0 Å². The maximum Gasteiger partial charge on any atom is 0.225 e. The Morgan fingerprint density at radius 3 is 2.72 bits per heavy atom. The van der Waals surface area contributed by atoms with Crippen molar-refractivity contribution in [2.45, 2.75) is 40.2 Å². The average molecular weight is 269 g/mol. The molecule has 0 fully saturated rings. The van der Waals surface area contributed by atoms with Crippen LogP contribution >= 0.6 is 11.3 Å². The first kappa shape index (κ1) is 15.2. The molecule has 1 N–H and O–H groups in total. The molecule has 1 heterocycles. The number of hydrogen-bond donors (Lipinski definition) is 1. The Balaban J connectivity index is 2.68. The van der Waals surface area contributed by atoms with Crippen molar-refractivity contribution in [2.75, 3.05) is 13.2 Å². The van der Waals surface area contributed by atoms with Gasteiger partial charge in [0.25, 0.3) is 0 Å². The van der Waals surface area contributed by atoms with Gasteiger partial charge in [-0.1, -0.05) is 13.8 Å². The van der Waals surface area contributed by atoms with Crippen molar-refractivity contribution in [1.82, 2.24) is 4.90 Å². The van der Waals surface area contributed by atoms with E-state index < -0.39 is 0 Å². The van der Waals surface area contributed by atoms with Crippen molar-refractivity contribution in [1.29, 1.82) is 0 Å². The number of amides is 1. The number of carbonyl (C=O) groups is 1. The summed E-state index contributed by atoms with van der Waals surface area (Å²) in [5, 5.41) is 8.93. The van der Waals surface area contributed by atoms with E-state index in [0.29, 0.717) is 19.5 Å². The lowest BCUT2D eigenvalue weighted by atomic mass is 10.1. The highest BCUT2D eigenvalue weighted by Crippen LogP contribution is 2.19. The van der Waals surface area contributed by atoms with Crippen molar-refractivity contribution in [3.05, 3.63) is 21.9 Å². The number of rotatable bonds is 7. The van der Waals surface area contributed by atoms with Gasteiger partial charge in [-0.05, 0) is 31.9 Å². The van der Waals surface area contributed by atoms with Crippen LogP contribution in [0.1, 0.15) is 36.4 Å². The van der Waals surface area contributed by atoms with E-state index in [1.807, 2.05) is 18.7 Å². The molecule has 1 amide bonds. The second-order valence-electron chi connectivity index (χ2n) is 4.66. The van der Waals surface area contributed by atoms with Gasteiger partial charge >= 0.3 is 0 Å². The monoisotopic (exact) mass is 269 g/mol. The lowest BCUT2D eigenvalue weighted by Gasteiger charge is -2.24. The van der Waals surface area contributed by atoms with Crippen LogP contribution < -0.4 is 0 Å². The summed E-state index contributed by atoms with van der Waals surface area (Å²) in [5.41, 5.74) is 0. The molecule has 1 atom stereocenters. The zero-order valence-electron chi connectivity index (χ0n) is 11.5. The molecule has 3 nitrogen and oxygen atoms in total. The van der Waals surface area contributed by atoms with Gasteiger partial charge in [-0.15, -0.1) is 11.3 Å². The molecule has 0 aliphatic rings. The Hall–Kier alpha value is -0.870. The largest absolute Gasteiger partial charge is 0.396 e. The third-order valence-electron chi connectivity index (χ3n) is 3.07. The predicted octanol–water partition coefficient (Wildman–Crippen LogP) is 2.81. The smallest absolute Gasteiger partial charge is 0.225 e. The summed E-state index contributed by atoms with van der Waals surface area (Å²) in [6.45, 7) is 7.50. The van der Waals surface area contributed by atoms with Crippen molar-refractivity contribution < 1.29 is 9.90 Å². The summed E-state index contributed by atoms with van der Waals surface area (Å²) < 4.78 is 0. The lowest BCUT2D eigenvalue weighted by molar-refractivity contribution is -0.135. The summed E-state index contributed by atoms with van der Waals surface area (Å²) in [5.74, 6) is 0.252. The van der Waals surface area contributed by atoms with Gasteiger partial charge in [-0.3, -0.25) is 4.79 Å². The molecule has 0 bridgehead atoms. The number of carbonyl (C=O) groups excluding carboxylic acids is 1. The highest BCUT2D eigenvalue weighted by molar-refractivity contribution is 7.11. The molecule has 1 rings (SSSR count). The van der Waals surface area contributed by atoms with Crippen LogP contribution in [0, 0.1) is 12.8 Å². The van der Waals surface area contributed by atoms with E-state index in [2.05, 4.69) is 19.1 Å². The highest BCUT2D eigenvalue weighted by Gasteiger charge is 2.19. The normalized spacial score (nSPS) is 12.4. The zero-order valence-corrected chi connectivity index (χ0v) is 12.3. The summed E-state index contributed by atoms with van der Waals surface area (Å²) >= 11 is 1.73. The summed E-state index contributed by atoms with van der Waals surface area (Å²) in [6.07, 6.45) is 1.50. The fourth-order valence-corrected chi connectivity index (χ4v) is 2.68. The van der Waals surface area contributed by atoms with Crippen LogP contribution in [0.25, 0.3) is 0 Å². The third-order valence-corrected chi connectivity index (χ3v) is 4.06. The topological polar surface area (TPSA) is 40.5 Å². The number of aliphatic hydroxyl groups excluding tert-OH is 1. The van der Waals surface area contributed by atoms with E-state index in [0.717, 1.165) is 6.42 Å². The Morgan fingerprint density at radius 1 is 1.50 bits per heavy atom. The molecule has 102 valence electrons. The molecule has 0 saturated heterocycles. The van der Waals surface area contributed by atoms with E-state index >= 15 is 0 Å². The molecule has 1 aromatic heterocycles. The minimum absolute atomic E-state index is 0.0600. The minimum atomic E-state index is 0.0600. The van der Waals surface area contributed by atoms with Crippen molar-refractivity contribution in [2.24, 2.45) is 5.92 Å². The zero-order chi connectivity index (χ0) is 13.5. The first-order chi connectivity index (χ1) is 8.58. The van der Waals surface area contributed by atoms with Gasteiger partial charge < -0.3 is 10.0 Å². The molecule has 0 aromatic carbocycles. The van der Waals surface area contributed by atoms with Crippen LogP contribution in [-0.4, -0.2) is 29.1 Å². The van der Waals surface area contributed by atoms with E-state index in [1.165, 1.54) is 9.75 Å². The highest BCUT2D eigenvalue weighted by atomic mass is 32.1. The Labute approximate surface area is 113 Å². The van der Waals surface area contributed by atoms with Crippen molar-refractivity contribution in [3.63, 3.8) is 0 Å². The number of aliphatic hydroxyl groups is 1. The SMILES string of the molecule is CC[C@@H](C)C(=O)N(CCCO)Cc1ccc(C)s1. The van der Waals surface area contributed by atoms with Gasteiger partial charge in [0.05, 0.1) is 6.54 Å². The van der Waals surface area contributed by atoms with Gasteiger partial charge in [0, 0.05) is 28.8 Å². The standard InChI is InChI=1S/C14H23NO2S/c1-4-11(2)14(17)15(8-5-9-16)10-13-7-6-12(3)18-13/h6-7,11,16H,4-5,8-10H2,1-3H3/t11-/m1/s1. The number of thiophene rings is 1. The molecule has 18 heavy (non-hydrogen) atoms. The third kappa shape index (κ3) is 4.42. The van der Waals surface area contributed by atoms with Crippen LogP contribution in [0.3, 0.4) is 0 Å². The first-order valence-corrected chi connectivity index (χ1v) is 7.35. The van der Waals surface area contributed by atoms with E-state index in [-0.39, 0.29) is 18.4 Å². The summed E-state index contributed by atoms with van der Waals surface area (Å²) in [7, 11) is 0.